The number of hydrogen-bond acceptors (Lipinski definition) is 1. The fourth-order valence-corrected chi connectivity index (χ4v) is 3.34. The number of thiophene rings is 1. The Kier molecular flexibility index (Phi) is 8.21. The van der Waals surface area contributed by atoms with E-state index in [0.717, 1.165) is 5.92 Å². The van der Waals surface area contributed by atoms with Crippen molar-refractivity contribution in [3.05, 3.63) is 22.4 Å². The summed E-state index contributed by atoms with van der Waals surface area (Å²) >= 11 is 5.69. The Morgan fingerprint density at radius 2 is 2.00 bits per heavy atom. The van der Waals surface area contributed by atoms with Crippen LogP contribution in [-0.2, 0) is 0 Å². The molecule has 0 radical (unpaired) electrons. The minimum Gasteiger partial charge on any atom is -0.149 e. The van der Waals surface area contributed by atoms with E-state index < -0.39 is 0 Å². The van der Waals surface area contributed by atoms with E-state index in [9.17, 15) is 0 Å². The molecule has 0 saturated heterocycles. The summed E-state index contributed by atoms with van der Waals surface area (Å²) in [4.78, 5) is 2.30. The van der Waals surface area contributed by atoms with E-state index in [-0.39, 0.29) is 0 Å². The van der Waals surface area contributed by atoms with E-state index in [2.05, 4.69) is 47.3 Å². The Hall–Kier alpha value is 0.180. The van der Waals surface area contributed by atoms with Gasteiger partial charge in [0.2, 0.25) is 0 Å². The van der Waals surface area contributed by atoms with Crippen molar-refractivity contribution in [2.75, 3.05) is 0 Å². The normalized spacial score (nSPS) is 14.8. The lowest BCUT2D eigenvalue weighted by molar-refractivity contribution is 0.518. The topological polar surface area (TPSA) is 0 Å². The van der Waals surface area contributed by atoms with E-state index in [1.165, 1.54) is 44.9 Å². The van der Waals surface area contributed by atoms with Crippen molar-refractivity contribution in [1.82, 2.24) is 0 Å². The molecule has 0 bridgehead atoms. The maximum absolute atomic E-state index is 3.75. The van der Waals surface area contributed by atoms with Crippen molar-refractivity contribution in [2.45, 2.75) is 69.5 Å². The summed E-state index contributed by atoms with van der Waals surface area (Å²) < 4.78 is 0. The second-order valence-corrected chi connectivity index (χ2v) is 7.07. The smallest absolute Gasteiger partial charge is 0.0143 e. The molecule has 17 heavy (non-hydrogen) atoms. The van der Waals surface area contributed by atoms with Gasteiger partial charge < -0.3 is 0 Å². The van der Waals surface area contributed by atoms with E-state index in [0.29, 0.717) is 4.83 Å². The fraction of sp³-hybridized carbons (Fsp3) is 0.733. The van der Waals surface area contributed by atoms with Gasteiger partial charge in [-0.1, -0.05) is 55.1 Å². The second-order valence-electron chi connectivity index (χ2n) is 4.79. The SMILES string of the molecule is CCCCCC(CCC(Br)CC)c1cccs1. The Morgan fingerprint density at radius 3 is 2.59 bits per heavy atom. The molecular formula is C15H25BrS. The predicted octanol–water partition coefficient (Wildman–Crippen LogP) is 6.37. The van der Waals surface area contributed by atoms with Gasteiger partial charge in [0.15, 0.2) is 0 Å². The van der Waals surface area contributed by atoms with E-state index in [4.69, 9.17) is 0 Å². The Morgan fingerprint density at radius 1 is 1.18 bits per heavy atom. The summed E-state index contributed by atoms with van der Waals surface area (Å²) in [5.74, 6) is 0.799. The first-order chi connectivity index (χ1) is 8.27. The first-order valence-corrected chi connectivity index (χ1v) is 8.74. The van der Waals surface area contributed by atoms with Crippen molar-refractivity contribution in [3.8, 4) is 0 Å². The Labute approximate surface area is 119 Å². The molecule has 1 aromatic rings. The van der Waals surface area contributed by atoms with Crippen LogP contribution in [-0.4, -0.2) is 4.83 Å². The van der Waals surface area contributed by atoms with Gasteiger partial charge in [0, 0.05) is 9.70 Å². The molecule has 0 saturated carbocycles. The summed E-state index contributed by atoms with van der Waals surface area (Å²) in [6, 6.07) is 4.51. The monoisotopic (exact) mass is 316 g/mol. The Bertz CT molecular complexity index is 268. The van der Waals surface area contributed by atoms with Crippen molar-refractivity contribution in [2.24, 2.45) is 0 Å². The van der Waals surface area contributed by atoms with Crippen LogP contribution in [0, 0.1) is 0 Å². The maximum Gasteiger partial charge on any atom is 0.0143 e. The van der Waals surface area contributed by atoms with E-state index in [1.54, 1.807) is 4.88 Å². The molecule has 0 aliphatic heterocycles. The third kappa shape index (κ3) is 6.05. The van der Waals surface area contributed by atoms with Gasteiger partial charge in [-0.25, -0.2) is 0 Å². The highest BCUT2D eigenvalue weighted by molar-refractivity contribution is 9.09. The molecule has 98 valence electrons. The van der Waals surface area contributed by atoms with Crippen LogP contribution in [0.15, 0.2) is 17.5 Å². The van der Waals surface area contributed by atoms with Crippen LogP contribution in [0.4, 0.5) is 0 Å². The molecule has 2 unspecified atom stereocenters. The van der Waals surface area contributed by atoms with Gasteiger partial charge >= 0.3 is 0 Å². The fourth-order valence-electron chi connectivity index (χ4n) is 2.18. The van der Waals surface area contributed by atoms with Crippen molar-refractivity contribution < 1.29 is 0 Å². The van der Waals surface area contributed by atoms with Crippen LogP contribution in [0.2, 0.25) is 0 Å². The molecule has 2 heteroatoms. The third-order valence-corrected chi connectivity index (χ3v) is 5.51. The average molecular weight is 317 g/mol. The zero-order valence-electron chi connectivity index (χ0n) is 11.1. The minimum absolute atomic E-state index is 0.705. The highest BCUT2D eigenvalue weighted by Crippen LogP contribution is 2.32. The van der Waals surface area contributed by atoms with E-state index >= 15 is 0 Å². The van der Waals surface area contributed by atoms with Crippen LogP contribution in [0.25, 0.3) is 0 Å². The summed E-state index contributed by atoms with van der Waals surface area (Å²) in [5, 5.41) is 2.22. The molecule has 1 aromatic heterocycles. The molecule has 0 N–H and O–H groups in total. The lowest BCUT2D eigenvalue weighted by Crippen LogP contribution is -2.02. The largest absolute Gasteiger partial charge is 0.149 e. The third-order valence-electron chi connectivity index (χ3n) is 3.37. The predicted molar refractivity (Wildman–Crippen MR) is 83.4 cm³/mol. The zero-order valence-corrected chi connectivity index (χ0v) is 13.5. The first-order valence-electron chi connectivity index (χ1n) is 6.95. The van der Waals surface area contributed by atoms with Crippen LogP contribution >= 0.6 is 27.3 Å². The minimum atomic E-state index is 0.705. The molecule has 1 heterocycles. The summed E-state index contributed by atoms with van der Waals surface area (Å²) in [6.45, 7) is 4.54. The van der Waals surface area contributed by atoms with Crippen LogP contribution in [0.3, 0.4) is 0 Å². The molecular weight excluding hydrogens is 292 g/mol. The molecule has 1 rings (SSSR count). The summed E-state index contributed by atoms with van der Waals surface area (Å²) in [6.07, 6.45) is 9.36. The quantitative estimate of drug-likeness (QED) is 0.367. The number of rotatable bonds is 9. The molecule has 0 amide bonds. The molecule has 2 atom stereocenters. The van der Waals surface area contributed by atoms with Gasteiger partial charge in [-0.3, -0.25) is 0 Å². The lowest BCUT2D eigenvalue weighted by atomic mass is 9.93. The Balaban J connectivity index is 2.42. The molecule has 0 fully saturated rings. The van der Waals surface area contributed by atoms with Gasteiger partial charge in [-0.15, -0.1) is 11.3 Å². The number of unbranched alkanes of at least 4 members (excludes halogenated alkanes) is 2. The zero-order chi connectivity index (χ0) is 12.5. The summed E-state index contributed by atoms with van der Waals surface area (Å²) in [5.41, 5.74) is 0. The van der Waals surface area contributed by atoms with E-state index in [1.807, 2.05) is 11.3 Å². The molecule has 0 aliphatic rings. The highest BCUT2D eigenvalue weighted by Gasteiger charge is 2.14. The van der Waals surface area contributed by atoms with Gasteiger partial charge in [0.05, 0.1) is 0 Å². The van der Waals surface area contributed by atoms with Crippen molar-refractivity contribution in [1.29, 1.82) is 0 Å². The van der Waals surface area contributed by atoms with Gasteiger partial charge in [0.1, 0.15) is 0 Å². The van der Waals surface area contributed by atoms with Gasteiger partial charge in [-0.2, -0.15) is 0 Å². The van der Waals surface area contributed by atoms with Gasteiger partial charge in [-0.05, 0) is 43.0 Å². The van der Waals surface area contributed by atoms with Gasteiger partial charge in [0.25, 0.3) is 0 Å². The standard InChI is InChI=1S/C15H25BrS/c1-3-5-6-8-13(10-11-14(16)4-2)15-9-7-12-17-15/h7,9,12-14H,3-6,8,10-11H2,1-2H3. The number of alkyl halides is 1. The number of hydrogen-bond donors (Lipinski definition) is 0. The average Bonchev–Trinajstić information content (AvgIpc) is 2.86. The summed E-state index contributed by atoms with van der Waals surface area (Å²) in [7, 11) is 0. The van der Waals surface area contributed by atoms with Crippen molar-refractivity contribution in [3.63, 3.8) is 0 Å². The van der Waals surface area contributed by atoms with Crippen molar-refractivity contribution >= 4 is 27.3 Å². The maximum atomic E-state index is 3.75. The number of halogens is 1. The molecule has 0 spiro atoms. The molecule has 0 aliphatic carbocycles. The second kappa shape index (κ2) is 9.16. The van der Waals surface area contributed by atoms with Crippen LogP contribution in [0.1, 0.15) is 69.6 Å². The van der Waals surface area contributed by atoms with Crippen LogP contribution in [0.5, 0.6) is 0 Å². The van der Waals surface area contributed by atoms with Crippen LogP contribution < -0.4 is 0 Å². The highest BCUT2D eigenvalue weighted by atomic mass is 79.9. The first kappa shape index (κ1) is 15.2. The lowest BCUT2D eigenvalue weighted by Gasteiger charge is -2.17. The molecule has 0 aromatic carbocycles. The molecule has 0 nitrogen and oxygen atoms in total.